The van der Waals surface area contributed by atoms with Crippen molar-refractivity contribution in [3.8, 4) is 0 Å². The van der Waals surface area contributed by atoms with E-state index in [0.29, 0.717) is 5.69 Å². The van der Waals surface area contributed by atoms with Gasteiger partial charge in [-0.1, -0.05) is 45.0 Å². The molecule has 1 aliphatic rings. The first kappa shape index (κ1) is 15.5. The van der Waals surface area contributed by atoms with Gasteiger partial charge < -0.3 is 0 Å². The molecule has 0 atom stereocenters. The highest BCUT2D eigenvalue weighted by atomic mass is 16.2. The summed E-state index contributed by atoms with van der Waals surface area (Å²) >= 11 is 0. The van der Waals surface area contributed by atoms with Gasteiger partial charge in [0.05, 0.1) is 6.21 Å². The smallest absolute Gasteiger partial charge is 0.281 e. The van der Waals surface area contributed by atoms with Crippen LogP contribution in [0, 0.1) is 0 Å². The van der Waals surface area contributed by atoms with Crippen molar-refractivity contribution in [2.75, 3.05) is 0 Å². The highest BCUT2D eigenvalue weighted by Crippen LogP contribution is 2.23. The minimum absolute atomic E-state index is 0.129. The van der Waals surface area contributed by atoms with Gasteiger partial charge in [-0.05, 0) is 35.8 Å². The van der Waals surface area contributed by atoms with Crippen LogP contribution < -0.4 is 5.43 Å². The van der Waals surface area contributed by atoms with Gasteiger partial charge in [-0.3, -0.25) is 9.89 Å². The van der Waals surface area contributed by atoms with E-state index in [9.17, 15) is 4.79 Å². The zero-order valence-corrected chi connectivity index (χ0v) is 13.8. The van der Waals surface area contributed by atoms with Crippen LogP contribution >= 0.6 is 0 Å². The van der Waals surface area contributed by atoms with Crippen molar-refractivity contribution in [1.29, 1.82) is 0 Å². The molecule has 1 amide bonds. The van der Waals surface area contributed by atoms with E-state index >= 15 is 0 Å². The summed E-state index contributed by atoms with van der Waals surface area (Å²) in [5.74, 6) is -0.257. The molecule has 1 aromatic heterocycles. The van der Waals surface area contributed by atoms with Crippen molar-refractivity contribution in [2.45, 2.75) is 45.4 Å². The van der Waals surface area contributed by atoms with Crippen LogP contribution in [-0.2, 0) is 18.3 Å². The maximum absolute atomic E-state index is 12.1. The van der Waals surface area contributed by atoms with E-state index in [4.69, 9.17) is 0 Å². The van der Waals surface area contributed by atoms with Crippen molar-refractivity contribution in [3.63, 3.8) is 0 Å². The van der Waals surface area contributed by atoms with E-state index in [-0.39, 0.29) is 11.3 Å². The third-order valence-electron chi connectivity index (χ3n) is 4.18. The highest BCUT2D eigenvalue weighted by molar-refractivity contribution is 5.94. The molecular formula is C18H22N4O. The number of amides is 1. The molecule has 0 radical (unpaired) electrons. The quantitative estimate of drug-likeness (QED) is 0.676. The number of benzene rings is 1. The second kappa shape index (κ2) is 5.99. The lowest BCUT2D eigenvalue weighted by Crippen LogP contribution is -2.19. The maximum atomic E-state index is 12.1. The van der Waals surface area contributed by atoms with Gasteiger partial charge in [-0.15, -0.1) is 0 Å². The minimum atomic E-state index is -0.257. The van der Waals surface area contributed by atoms with E-state index in [2.05, 4.69) is 53.6 Å². The van der Waals surface area contributed by atoms with Gasteiger partial charge in [0.1, 0.15) is 0 Å². The second-order valence-corrected chi connectivity index (χ2v) is 6.95. The number of H-pyrrole nitrogens is 1. The molecule has 2 N–H and O–H groups in total. The van der Waals surface area contributed by atoms with Crippen LogP contribution in [0.25, 0.3) is 0 Å². The molecule has 5 nitrogen and oxygen atoms in total. The number of aryl methyl sites for hydroxylation is 1. The van der Waals surface area contributed by atoms with Crippen LogP contribution in [0.5, 0.6) is 0 Å². The summed E-state index contributed by atoms with van der Waals surface area (Å²) < 4.78 is 0. The first-order valence-corrected chi connectivity index (χ1v) is 7.95. The summed E-state index contributed by atoms with van der Waals surface area (Å²) in [4.78, 5) is 12.1. The number of carbonyl (C=O) groups excluding carboxylic acids is 1. The maximum Gasteiger partial charge on any atom is 0.292 e. The lowest BCUT2D eigenvalue weighted by Gasteiger charge is -2.18. The molecule has 1 aliphatic carbocycles. The van der Waals surface area contributed by atoms with E-state index in [1.165, 1.54) is 5.56 Å². The van der Waals surface area contributed by atoms with Crippen molar-refractivity contribution in [3.05, 3.63) is 52.3 Å². The molecule has 0 bridgehead atoms. The Kier molecular flexibility index (Phi) is 4.03. The first-order valence-electron chi connectivity index (χ1n) is 7.95. The number of nitrogens with one attached hydrogen (secondary N) is 2. The number of nitrogens with zero attached hydrogens (tertiary/aromatic N) is 2. The summed E-state index contributed by atoms with van der Waals surface area (Å²) in [5.41, 5.74) is 7.49. The zero-order chi connectivity index (χ0) is 16.4. The standard InChI is InChI=1S/C18H22N4O/c1-18(2,3)13-9-7-12(8-10-13)11-19-22-17(23)16-14-5-4-6-15(14)20-21-16/h7-11H,4-6H2,1-3H3,(H,20,21)(H,22,23)/b19-11-. The molecule has 5 heteroatoms. The Balaban J connectivity index is 1.63. The van der Waals surface area contributed by atoms with Crippen LogP contribution in [0.4, 0.5) is 0 Å². The van der Waals surface area contributed by atoms with Gasteiger partial charge in [0.2, 0.25) is 0 Å². The summed E-state index contributed by atoms with van der Waals surface area (Å²) in [6.45, 7) is 6.54. The molecule has 0 unspecified atom stereocenters. The largest absolute Gasteiger partial charge is 0.292 e. The van der Waals surface area contributed by atoms with Crippen molar-refractivity contribution in [2.24, 2.45) is 5.10 Å². The highest BCUT2D eigenvalue weighted by Gasteiger charge is 2.22. The van der Waals surface area contributed by atoms with Gasteiger partial charge in [-0.25, -0.2) is 5.43 Å². The summed E-state index contributed by atoms with van der Waals surface area (Å²) in [7, 11) is 0. The first-order chi connectivity index (χ1) is 10.9. The van der Waals surface area contributed by atoms with Crippen LogP contribution in [0.1, 0.15) is 60.1 Å². The molecule has 0 fully saturated rings. The lowest BCUT2D eigenvalue weighted by atomic mass is 9.87. The van der Waals surface area contributed by atoms with E-state index < -0.39 is 0 Å². The Morgan fingerprint density at radius 1 is 1.26 bits per heavy atom. The number of hydrogen-bond donors (Lipinski definition) is 2. The topological polar surface area (TPSA) is 70.1 Å². The Labute approximate surface area is 136 Å². The van der Waals surface area contributed by atoms with E-state index in [0.717, 1.165) is 36.1 Å². The molecule has 0 aliphatic heterocycles. The fourth-order valence-corrected chi connectivity index (χ4v) is 2.79. The molecule has 1 heterocycles. The van der Waals surface area contributed by atoms with E-state index in [1.807, 2.05) is 12.1 Å². The second-order valence-electron chi connectivity index (χ2n) is 6.95. The van der Waals surface area contributed by atoms with Gasteiger partial charge >= 0.3 is 0 Å². The molecular weight excluding hydrogens is 288 g/mol. The summed E-state index contributed by atoms with van der Waals surface area (Å²) in [6, 6.07) is 8.18. The predicted molar refractivity (Wildman–Crippen MR) is 90.8 cm³/mol. The molecule has 0 saturated carbocycles. The van der Waals surface area contributed by atoms with Crippen molar-refractivity contribution < 1.29 is 4.79 Å². The van der Waals surface area contributed by atoms with Gasteiger partial charge in [0.25, 0.3) is 5.91 Å². The molecule has 120 valence electrons. The SMILES string of the molecule is CC(C)(C)c1ccc(/C=N\NC(=O)c2n[nH]c3c2CCC3)cc1. The lowest BCUT2D eigenvalue weighted by molar-refractivity contribution is 0.0949. The fraction of sp³-hybridized carbons (Fsp3) is 0.389. The fourth-order valence-electron chi connectivity index (χ4n) is 2.79. The number of fused-ring (bicyclic) bond motifs is 1. The molecule has 2 aromatic rings. The van der Waals surface area contributed by atoms with Crippen LogP contribution in [0.15, 0.2) is 29.4 Å². The average molecular weight is 310 g/mol. The Hall–Kier alpha value is -2.43. The zero-order valence-electron chi connectivity index (χ0n) is 13.8. The number of hydrogen-bond acceptors (Lipinski definition) is 3. The van der Waals surface area contributed by atoms with Crippen LogP contribution in [0.3, 0.4) is 0 Å². The number of carbonyl (C=O) groups is 1. The minimum Gasteiger partial charge on any atom is -0.281 e. The Bertz CT molecular complexity index is 735. The number of aromatic nitrogens is 2. The molecule has 3 rings (SSSR count). The van der Waals surface area contributed by atoms with Crippen LogP contribution in [-0.4, -0.2) is 22.3 Å². The monoisotopic (exact) mass is 310 g/mol. The molecule has 1 aromatic carbocycles. The van der Waals surface area contributed by atoms with Gasteiger partial charge in [0.15, 0.2) is 5.69 Å². The Morgan fingerprint density at radius 2 is 2.00 bits per heavy atom. The average Bonchev–Trinajstić information content (AvgIpc) is 3.09. The summed E-state index contributed by atoms with van der Waals surface area (Å²) in [6.07, 6.45) is 4.61. The predicted octanol–water partition coefficient (Wildman–Crippen LogP) is 2.96. The van der Waals surface area contributed by atoms with Crippen molar-refractivity contribution >= 4 is 12.1 Å². The number of aromatic amines is 1. The molecule has 0 spiro atoms. The van der Waals surface area contributed by atoms with Gasteiger partial charge in [0, 0.05) is 11.3 Å². The number of hydrazone groups is 1. The van der Waals surface area contributed by atoms with E-state index in [1.54, 1.807) is 6.21 Å². The molecule has 0 saturated heterocycles. The Morgan fingerprint density at radius 3 is 2.70 bits per heavy atom. The normalized spacial score (nSPS) is 14.2. The van der Waals surface area contributed by atoms with Gasteiger partial charge in [-0.2, -0.15) is 10.2 Å². The summed E-state index contributed by atoms with van der Waals surface area (Å²) in [5, 5.41) is 11.1. The third kappa shape index (κ3) is 3.33. The van der Waals surface area contributed by atoms with Crippen molar-refractivity contribution in [1.82, 2.24) is 15.6 Å². The number of rotatable bonds is 3. The van der Waals surface area contributed by atoms with Crippen LogP contribution in [0.2, 0.25) is 0 Å². The third-order valence-corrected chi connectivity index (χ3v) is 4.18. The molecule has 23 heavy (non-hydrogen) atoms.